The van der Waals surface area contributed by atoms with Gasteiger partial charge in [0, 0.05) is 0 Å². The van der Waals surface area contributed by atoms with E-state index in [1.165, 1.54) is 13.8 Å². The molecule has 0 spiro atoms. The van der Waals surface area contributed by atoms with Gasteiger partial charge in [-0.15, -0.1) is 0 Å². The van der Waals surface area contributed by atoms with Crippen molar-refractivity contribution in [2.45, 2.75) is 13.8 Å². The van der Waals surface area contributed by atoms with E-state index >= 15 is 0 Å². The molecule has 8 heavy (non-hydrogen) atoms. The van der Waals surface area contributed by atoms with E-state index in [-0.39, 0.29) is 51.4 Å². The van der Waals surface area contributed by atoms with E-state index in [1.807, 2.05) is 0 Å². The van der Waals surface area contributed by atoms with Gasteiger partial charge in [-0.3, -0.25) is 0 Å². The molecule has 0 aliphatic rings. The van der Waals surface area contributed by atoms with Gasteiger partial charge in [-0.2, -0.15) is 0 Å². The molecule has 0 aliphatic carbocycles. The second kappa shape index (κ2) is 5.90. The third kappa shape index (κ3) is 9.91. The van der Waals surface area contributed by atoms with E-state index in [0.717, 1.165) is 0 Å². The van der Waals surface area contributed by atoms with E-state index in [1.54, 1.807) is 0 Å². The van der Waals surface area contributed by atoms with Crippen molar-refractivity contribution in [1.82, 2.24) is 0 Å². The van der Waals surface area contributed by atoms with Crippen molar-refractivity contribution in [3.05, 3.63) is 5.32 Å². The van der Waals surface area contributed by atoms with Gasteiger partial charge in [0.1, 0.15) is 0 Å². The Morgan fingerprint density at radius 2 is 1.38 bits per heavy atom. The van der Waals surface area contributed by atoms with E-state index in [4.69, 9.17) is 0 Å². The first kappa shape index (κ1) is 11.6. The van der Waals surface area contributed by atoms with Crippen LogP contribution >= 0.6 is 0 Å². The van der Waals surface area contributed by atoms with E-state index in [9.17, 15) is 9.59 Å². The molecule has 0 aliphatic heterocycles. The average molecular weight is 139 g/mol. The Bertz CT molecular complexity index is 90.2. The monoisotopic (exact) mass is 139 g/mol. The molecule has 0 aromatic rings. The maximum Gasteiger partial charge on any atom is 1.00 e. The summed E-state index contributed by atoms with van der Waals surface area (Å²) < 4.78 is 0. The van der Waals surface area contributed by atoms with Gasteiger partial charge in [-0.1, -0.05) is 0 Å². The quantitative estimate of drug-likeness (QED) is 0.347. The Balaban J connectivity index is 0. The summed E-state index contributed by atoms with van der Waals surface area (Å²) in [5, 5.41) is 3.00. The molecule has 0 saturated carbocycles. The summed E-state index contributed by atoms with van der Waals surface area (Å²) in [6.45, 7) is 2.47. The third-order valence-electron chi connectivity index (χ3n) is 0.315. The average Bonchev–Trinajstić information content (AvgIpc) is 1.27. The zero-order valence-electron chi connectivity index (χ0n) is 5.26. The molecule has 0 radical (unpaired) electrons. The van der Waals surface area contributed by atoms with Crippen LogP contribution in [0, 0.1) is 0 Å². The summed E-state index contributed by atoms with van der Waals surface area (Å²) in [5.41, 5.74) is 0. The second-order valence-corrected chi connectivity index (χ2v) is 1.15. The zero-order valence-corrected chi connectivity index (χ0v) is 8.39. The predicted octanol–water partition coefficient (Wildman–Crippen LogP) is -2.54. The van der Waals surface area contributed by atoms with Crippen molar-refractivity contribution < 1.29 is 61.0 Å². The van der Waals surface area contributed by atoms with Crippen LogP contribution in [0.1, 0.15) is 13.8 Å². The minimum absolute atomic E-state index is 0. The van der Waals surface area contributed by atoms with Crippen LogP contribution in [-0.4, -0.2) is 11.8 Å². The van der Waals surface area contributed by atoms with Gasteiger partial charge in [0.25, 0.3) is 0 Å². The largest absolute Gasteiger partial charge is 1.00 e. The summed E-state index contributed by atoms with van der Waals surface area (Å²) in [6.07, 6.45) is 0. The normalized spacial score (nSPS) is 6.75. The van der Waals surface area contributed by atoms with Crippen LogP contribution in [0.3, 0.4) is 0 Å². The Morgan fingerprint density at radius 1 is 1.12 bits per heavy atom. The number of hydrogen-bond donors (Lipinski definition) is 0. The molecular formula is C4H6KNO2. The van der Waals surface area contributed by atoms with Crippen molar-refractivity contribution in [2.75, 3.05) is 0 Å². The molecule has 2 amide bonds. The molecule has 0 aromatic carbocycles. The number of imide groups is 1. The standard InChI is InChI=1S/C4H7NO2.K/c1-3(6)5-4(2)7;/h1-2H3,(H,5,6,7);/q;+1/p-1. The maximum absolute atomic E-state index is 9.87. The van der Waals surface area contributed by atoms with Crippen molar-refractivity contribution in [3.63, 3.8) is 0 Å². The minimum atomic E-state index is -0.437. The summed E-state index contributed by atoms with van der Waals surface area (Å²) in [7, 11) is 0. The molecule has 0 aromatic heterocycles. The van der Waals surface area contributed by atoms with Crippen molar-refractivity contribution in [3.8, 4) is 0 Å². The molecule has 3 nitrogen and oxygen atoms in total. The first-order valence-corrected chi connectivity index (χ1v) is 1.86. The molecule has 0 N–H and O–H groups in total. The van der Waals surface area contributed by atoms with Crippen molar-refractivity contribution in [1.29, 1.82) is 0 Å². The molecular weight excluding hydrogens is 133 g/mol. The van der Waals surface area contributed by atoms with Gasteiger partial charge >= 0.3 is 51.4 Å². The zero-order chi connectivity index (χ0) is 5.86. The fraction of sp³-hybridized carbons (Fsp3) is 0.500. The van der Waals surface area contributed by atoms with Crippen LogP contribution in [0.5, 0.6) is 0 Å². The number of nitrogens with zero attached hydrogens (tertiary/aromatic N) is 1. The molecule has 0 unspecified atom stereocenters. The van der Waals surface area contributed by atoms with E-state index in [0.29, 0.717) is 0 Å². The van der Waals surface area contributed by atoms with Crippen LogP contribution in [0.2, 0.25) is 0 Å². The molecule has 0 fully saturated rings. The van der Waals surface area contributed by atoms with Gasteiger partial charge in [0.2, 0.25) is 0 Å². The van der Waals surface area contributed by atoms with Gasteiger partial charge in [-0.25, -0.2) is 0 Å². The fourth-order valence-electron chi connectivity index (χ4n) is 0.222. The molecule has 4 heteroatoms. The first-order valence-electron chi connectivity index (χ1n) is 1.86. The van der Waals surface area contributed by atoms with Crippen molar-refractivity contribution in [2.24, 2.45) is 0 Å². The van der Waals surface area contributed by atoms with Crippen LogP contribution in [0.4, 0.5) is 0 Å². The molecule has 0 rings (SSSR count). The summed E-state index contributed by atoms with van der Waals surface area (Å²) >= 11 is 0. The van der Waals surface area contributed by atoms with Crippen molar-refractivity contribution >= 4 is 11.8 Å². The summed E-state index contributed by atoms with van der Waals surface area (Å²) in [5.74, 6) is -0.875. The molecule has 40 valence electrons. The Labute approximate surface area is 90.6 Å². The smallest absolute Gasteiger partial charge is 0.596 e. The Kier molecular flexibility index (Phi) is 8.53. The van der Waals surface area contributed by atoms with Gasteiger partial charge in [0.05, 0.1) is 11.8 Å². The Morgan fingerprint density at radius 3 is 1.38 bits per heavy atom. The molecule has 0 saturated heterocycles. The summed E-state index contributed by atoms with van der Waals surface area (Å²) in [4.78, 5) is 19.7. The first-order chi connectivity index (χ1) is 3.13. The Hall–Kier alpha value is 0.776. The van der Waals surface area contributed by atoms with Crippen LogP contribution in [-0.2, 0) is 9.59 Å². The number of hydrogen-bond acceptors (Lipinski definition) is 2. The molecule has 0 bridgehead atoms. The van der Waals surface area contributed by atoms with Gasteiger partial charge in [-0.05, 0) is 13.8 Å². The van der Waals surface area contributed by atoms with Crippen LogP contribution in [0.25, 0.3) is 5.32 Å². The van der Waals surface area contributed by atoms with E-state index < -0.39 is 11.8 Å². The summed E-state index contributed by atoms with van der Waals surface area (Å²) in [6, 6.07) is 0. The number of carbonyl (C=O) groups is 2. The number of rotatable bonds is 0. The SMILES string of the molecule is CC(=O)[N-]C(C)=O.[K+]. The fourth-order valence-corrected chi connectivity index (χ4v) is 0.222. The number of amides is 2. The van der Waals surface area contributed by atoms with Gasteiger partial charge < -0.3 is 14.9 Å². The predicted molar refractivity (Wildman–Crippen MR) is 24.7 cm³/mol. The topological polar surface area (TPSA) is 48.2 Å². The third-order valence-corrected chi connectivity index (χ3v) is 0.315. The second-order valence-electron chi connectivity index (χ2n) is 1.15. The number of carbonyl (C=O) groups excluding carboxylic acids is 2. The molecule has 0 atom stereocenters. The van der Waals surface area contributed by atoms with Gasteiger partial charge in [0.15, 0.2) is 0 Å². The molecule has 0 heterocycles. The van der Waals surface area contributed by atoms with Crippen LogP contribution in [0.15, 0.2) is 0 Å². The maximum atomic E-state index is 9.87. The minimum Gasteiger partial charge on any atom is -0.596 e. The van der Waals surface area contributed by atoms with E-state index in [2.05, 4.69) is 5.32 Å². The van der Waals surface area contributed by atoms with Crippen LogP contribution < -0.4 is 51.4 Å².